The van der Waals surface area contributed by atoms with Gasteiger partial charge in [-0.05, 0) is 61.2 Å². The number of carbonyl (C=O) groups is 2. The second kappa shape index (κ2) is 11.1. The topological polar surface area (TPSA) is 125 Å². The van der Waals surface area contributed by atoms with Crippen LogP contribution in [0.3, 0.4) is 0 Å². The predicted octanol–water partition coefficient (Wildman–Crippen LogP) is 4.47. The lowest BCUT2D eigenvalue weighted by Gasteiger charge is -2.38. The second-order valence-corrected chi connectivity index (χ2v) is 10.1. The van der Waals surface area contributed by atoms with Crippen LogP contribution < -0.4 is 15.4 Å². The van der Waals surface area contributed by atoms with E-state index in [0.717, 1.165) is 48.4 Å². The minimum Gasteiger partial charge on any atom is -0.457 e. The Labute approximate surface area is 212 Å². The van der Waals surface area contributed by atoms with Gasteiger partial charge in [-0.3, -0.25) is 14.2 Å². The van der Waals surface area contributed by atoms with Crippen LogP contribution >= 0.6 is 0 Å². The molecule has 1 aliphatic carbocycles. The van der Waals surface area contributed by atoms with E-state index in [2.05, 4.69) is 17.6 Å². The highest BCUT2D eigenvalue weighted by Crippen LogP contribution is 2.45. The van der Waals surface area contributed by atoms with Gasteiger partial charge in [-0.15, -0.1) is 0 Å². The van der Waals surface area contributed by atoms with Gasteiger partial charge in [-0.25, -0.2) is 4.79 Å². The lowest BCUT2D eigenvalue weighted by atomic mass is 9.74. The number of hydrogen-bond donors (Lipinski definition) is 3. The molecular formula is C24H28F3N3O6S. The van der Waals surface area contributed by atoms with E-state index in [9.17, 15) is 22.8 Å². The zero-order valence-corrected chi connectivity index (χ0v) is 21.0. The number of halogens is 3. The number of carbonyl (C=O) groups excluding carboxylic acids is 2. The number of imide groups is 1. The Morgan fingerprint density at radius 2 is 1.81 bits per heavy atom. The normalized spacial score (nSPS) is 21.2. The zero-order valence-electron chi connectivity index (χ0n) is 20.2. The molecule has 37 heavy (non-hydrogen) atoms. The molecule has 1 aliphatic heterocycles. The molecule has 202 valence electrons. The third-order valence-electron chi connectivity index (χ3n) is 6.15. The van der Waals surface area contributed by atoms with Crippen LogP contribution in [-0.2, 0) is 20.5 Å². The molecule has 3 N–H and O–H groups in total. The Morgan fingerprint density at radius 3 is 2.35 bits per heavy atom. The lowest BCUT2D eigenvalue weighted by molar-refractivity contribution is -0.131. The van der Waals surface area contributed by atoms with E-state index in [4.69, 9.17) is 17.7 Å². The van der Waals surface area contributed by atoms with Crippen molar-refractivity contribution in [2.45, 2.75) is 49.7 Å². The molecule has 2 aromatic rings. The van der Waals surface area contributed by atoms with Crippen molar-refractivity contribution in [3.63, 3.8) is 0 Å². The maximum Gasteiger partial charge on any atom is 0.522 e. The van der Waals surface area contributed by atoms with E-state index >= 15 is 0 Å². The Hall–Kier alpha value is -3.16. The SMILES string of the molecule is CCCCNC1CCC2(NC(=O)N(C)C2=O)c2ccc(Oc3ccccc3)cc21.O=S(=O)(O)C(F)(F)F. The fraction of sp³-hybridized carbons (Fsp3) is 0.417. The van der Waals surface area contributed by atoms with E-state index in [0.29, 0.717) is 6.42 Å². The van der Waals surface area contributed by atoms with Crippen molar-refractivity contribution in [1.29, 1.82) is 0 Å². The molecule has 0 bridgehead atoms. The quantitative estimate of drug-likeness (QED) is 0.212. The Morgan fingerprint density at radius 1 is 1.16 bits per heavy atom. The number of likely N-dealkylation sites (N-methyl/N-ethyl adjacent to an activating group) is 1. The highest BCUT2D eigenvalue weighted by molar-refractivity contribution is 7.86. The van der Waals surface area contributed by atoms with Crippen molar-refractivity contribution in [1.82, 2.24) is 15.5 Å². The molecule has 4 rings (SSSR count). The van der Waals surface area contributed by atoms with E-state index in [1.54, 1.807) is 0 Å². The van der Waals surface area contributed by atoms with Crippen molar-refractivity contribution in [3.05, 3.63) is 59.7 Å². The summed E-state index contributed by atoms with van der Waals surface area (Å²) in [5.41, 5.74) is -4.63. The average molecular weight is 544 g/mol. The zero-order chi connectivity index (χ0) is 27.4. The minimum atomic E-state index is -5.84. The van der Waals surface area contributed by atoms with Gasteiger partial charge in [0.25, 0.3) is 5.91 Å². The summed E-state index contributed by atoms with van der Waals surface area (Å²) in [5, 5.41) is 6.57. The van der Waals surface area contributed by atoms with Crippen molar-refractivity contribution in [2.24, 2.45) is 0 Å². The fourth-order valence-corrected chi connectivity index (χ4v) is 4.27. The third kappa shape index (κ3) is 6.22. The first kappa shape index (κ1) is 28.4. The van der Waals surface area contributed by atoms with Crippen molar-refractivity contribution < 1.29 is 40.5 Å². The van der Waals surface area contributed by atoms with E-state index in [-0.39, 0.29) is 18.0 Å². The number of ether oxygens (including phenoxy) is 1. The summed E-state index contributed by atoms with van der Waals surface area (Å²) in [7, 11) is -4.31. The van der Waals surface area contributed by atoms with Crippen LogP contribution in [0.5, 0.6) is 11.5 Å². The number of nitrogens with one attached hydrogen (secondary N) is 2. The van der Waals surface area contributed by atoms with Gasteiger partial charge < -0.3 is 15.4 Å². The van der Waals surface area contributed by atoms with Gasteiger partial charge in [0.05, 0.1) is 0 Å². The van der Waals surface area contributed by atoms with Crippen LogP contribution in [0.2, 0.25) is 0 Å². The summed E-state index contributed by atoms with van der Waals surface area (Å²) >= 11 is 0. The predicted molar refractivity (Wildman–Crippen MR) is 128 cm³/mol. The number of amides is 3. The number of hydrogen-bond acceptors (Lipinski definition) is 6. The average Bonchev–Trinajstić information content (AvgIpc) is 3.04. The van der Waals surface area contributed by atoms with Crippen molar-refractivity contribution in [3.8, 4) is 11.5 Å². The molecule has 2 unspecified atom stereocenters. The molecule has 3 amide bonds. The second-order valence-electron chi connectivity index (χ2n) is 8.68. The van der Waals surface area contributed by atoms with Gasteiger partial charge in [-0.1, -0.05) is 37.6 Å². The maximum atomic E-state index is 13.0. The highest BCUT2D eigenvalue weighted by Gasteiger charge is 2.54. The molecule has 1 spiro atoms. The number of urea groups is 1. The molecule has 13 heteroatoms. The highest BCUT2D eigenvalue weighted by atomic mass is 32.2. The Bertz CT molecular complexity index is 1240. The summed E-state index contributed by atoms with van der Waals surface area (Å²) in [6.45, 7) is 3.08. The summed E-state index contributed by atoms with van der Waals surface area (Å²) in [5.74, 6) is 1.30. The Kier molecular flexibility index (Phi) is 8.50. The number of nitrogens with zero attached hydrogens (tertiary/aromatic N) is 1. The monoisotopic (exact) mass is 543 g/mol. The van der Waals surface area contributed by atoms with Gasteiger partial charge in [0.15, 0.2) is 0 Å². The van der Waals surface area contributed by atoms with Crippen LogP contribution in [0, 0.1) is 0 Å². The maximum absolute atomic E-state index is 13.0. The molecule has 0 aromatic heterocycles. The molecule has 2 atom stereocenters. The van der Waals surface area contributed by atoms with Gasteiger partial charge in [-0.2, -0.15) is 21.6 Å². The summed E-state index contributed by atoms with van der Waals surface area (Å²) in [6.07, 6.45) is 3.56. The van der Waals surface area contributed by atoms with Gasteiger partial charge in [0.1, 0.15) is 17.0 Å². The van der Waals surface area contributed by atoms with E-state index in [1.807, 2.05) is 48.5 Å². The summed E-state index contributed by atoms with van der Waals surface area (Å²) in [6, 6.07) is 15.2. The number of rotatable bonds is 6. The summed E-state index contributed by atoms with van der Waals surface area (Å²) in [4.78, 5) is 26.4. The molecule has 1 heterocycles. The molecule has 2 aromatic carbocycles. The molecule has 0 radical (unpaired) electrons. The minimum absolute atomic E-state index is 0.122. The van der Waals surface area contributed by atoms with Crippen LogP contribution in [0.4, 0.5) is 18.0 Å². The van der Waals surface area contributed by atoms with Gasteiger partial charge >= 0.3 is 21.7 Å². The van der Waals surface area contributed by atoms with Gasteiger partial charge in [0, 0.05) is 13.1 Å². The largest absolute Gasteiger partial charge is 0.522 e. The number of fused-ring (bicyclic) bond motifs is 2. The smallest absolute Gasteiger partial charge is 0.457 e. The number of benzene rings is 2. The molecule has 9 nitrogen and oxygen atoms in total. The molecule has 1 saturated heterocycles. The van der Waals surface area contributed by atoms with E-state index < -0.39 is 21.2 Å². The molecule has 1 fully saturated rings. The van der Waals surface area contributed by atoms with Crippen molar-refractivity contribution in [2.75, 3.05) is 13.6 Å². The third-order valence-corrected chi connectivity index (χ3v) is 6.74. The van der Waals surface area contributed by atoms with Gasteiger partial charge in [0.2, 0.25) is 0 Å². The molecular weight excluding hydrogens is 515 g/mol. The fourth-order valence-electron chi connectivity index (χ4n) is 4.27. The Balaban J connectivity index is 0.000000414. The first-order valence-corrected chi connectivity index (χ1v) is 13.0. The van der Waals surface area contributed by atoms with Crippen LogP contribution in [0.1, 0.15) is 49.8 Å². The molecule has 2 aliphatic rings. The number of unbranched alkanes of at least 4 members (excludes halogenated alkanes) is 1. The van der Waals surface area contributed by atoms with Crippen molar-refractivity contribution >= 4 is 22.1 Å². The van der Waals surface area contributed by atoms with Crippen LogP contribution in [-0.4, -0.2) is 48.9 Å². The first-order chi connectivity index (χ1) is 17.3. The van der Waals surface area contributed by atoms with Crippen LogP contribution in [0.25, 0.3) is 0 Å². The first-order valence-electron chi connectivity index (χ1n) is 11.5. The summed E-state index contributed by atoms with van der Waals surface area (Å²) < 4.78 is 63.6. The van der Waals surface area contributed by atoms with Crippen LogP contribution in [0.15, 0.2) is 48.5 Å². The van der Waals surface area contributed by atoms with E-state index in [1.165, 1.54) is 11.9 Å². The lowest BCUT2D eigenvalue weighted by Crippen LogP contribution is -2.48. The molecule has 0 saturated carbocycles. The standard InChI is InChI=1S/C23H27N3O3.CHF3O3S/c1-3-4-14-24-20-12-13-23(21(27)26(2)22(28)25-23)19-11-10-17(15-18(19)20)29-16-8-6-5-7-9-16;2-1(3,4)8(5,6)7/h5-11,15,20,24H,3-4,12-14H2,1-2H3,(H,25,28);(H,5,6,7). The number of para-hydroxylation sites is 1. The number of alkyl halides is 3.